The molecule has 0 saturated heterocycles. The maximum atomic E-state index is 12.7. The number of benzene rings is 2. The van der Waals surface area contributed by atoms with Crippen molar-refractivity contribution in [1.82, 2.24) is 5.32 Å². The van der Waals surface area contributed by atoms with Crippen LogP contribution >= 0.6 is 0 Å². The van der Waals surface area contributed by atoms with E-state index in [1.165, 1.54) is 0 Å². The zero-order chi connectivity index (χ0) is 16.7. The van der Waals surface area contributed by atoms with Crippen molar-refractivity contribution in [1.29, 1.82) is 0 Å². The number of carbonyl (C=O) groups is 1. The summed E-state index contributed by atoms with van der Waals surface area (Å²) in [6, 6.07) is 16.7. The number of ether oxygens (including phenoxy) is 1. The van der Waals surface area contributed by atoms with Gasteiger partial charge in [-0.3, -0.25) is 4.79 Å². The van der Waals surface area contributed by atoms with E-state index in [-0.39, 0.29) is 11.9 Å². The number of carbonyl (C=O) groups excluding carboxylic acids is 1. The van der Waals surface area contributed by atoms with Gasteiger partial charge in [-0.1, -0.05) is 50.2 Å². The number of anilines is 1. The Hall–Kier alpha value is -2.33. The number of methoxy groups -OCH3 is 1. The normalized spacial score (nSPS) is 12.0. The summed E-state index contributed by atoms with van der Waals surface area (Å²) >= 11 is 0. The third-order valence-electron chi connectivity index (χ3n) is 3.46. The molecule has 4 nitrogen and oxygen atoms in total. The zero-order valence-corrected chi connectivity index (χ0v) is 13.9. The van der Waals surface area contributed by atoms with E-state index >= 15 is 0 Å². The Bertz CT molecular complexity index is 626. The molecule has 0 aliphatic carbocycles. The molecule has 0 unspecified atom stereocenters. The number of nitrogens with one attached hydrogen (secondary N) is 2. The fourth-order valence-corrected chi connectivity index (χ4v) is 2.28. The van der Waals surface area contributed by atoms with Crippen molar-refractivity contribution in [2.75, 3.05) is 19.0 Å². The molecule has 0 heterocycles. The number of hydrogen-bond donors (Lipinski definition) is 2. The van der Waals surface area contributed by atoms with Gasteiger partial charge in [0.15, 0.2) is 0 Å². The van der Waals surface area contributed by atoms with Crippen LogP contribution in [0.4, 0.5) is 5.69 Å². The van der Waals surface area contributed by atoms with Gasteiger partial charge >= 0.3 is 0 Å². The molecule has 0 spiro atoms. The molecule has 2 aromatic carbocycles. The van der Waals surface area contributed by atoms with Crippen molar-refractivity contribution in [3.05, 3.63) is 60.2 Å². The highest BCUT2D eigenvalue weighted by Crippen LogP contribution is 2.20. The first-order chi connectivity index (χ1) is 11.1. The van der Waals surface area contributed by atoms with Gasteiger partial charge in [0.2, 0.25) is 5.91 Å². The fraction of sp³-hybridized carbons (Fsp3) is 0.316. The van der Waals surface area contributed by atoms with Crippen LogP contribution in [-0.4, -0.2) is 19.6 Å². The molecule has 0 aliphatic rings. The Morgan fingerprint density at radius 2 is 1.83 bits per heavy atom. The van der Waals surface area contributed by atoms with E-state index < -0.39 is 0 Å². The van der Waals surface area contributed by atoms with E-state index in [4.69, 9.17) is 4.74 Å². The molecular weight excluding hydrogens is 288 g/mol. The van der Waals surface area contributed by atoms with Gasteiger partial charge in [-0.25, -0.2) is 0 Å². The van der Waals surface area contributed by atoms with E-state index in [9.17, 15) is 4.79 Å². The van der Waals surface area contributed by atoms with Crippen LogP contribution in [-0.2, 0) is 4.79 Å². The van der Waals surface area contributed by atoms with E-state index in [2.05, 4.69) is 24.5 Å². The first kappa shape index (κ1) is 17.0. The zero-order valence-electron chi connectivity index (χ0n) is 13.9. The lowest BCUT2D eigenvalue weighted by atomic mass is 10.0. The van der Waals surface area contributed by atoms with Crippen LogP contribution in [0.3, 0.4) is 0 Å². The summed E-state index contributed by atoms with van der Waals surface area (Å²) in [6.45, 7) is 5.01. The maximum Gasteiger partial charge on any atom is 0.246 e. The molecule has 0 radical (unpaired) electrons. The second-order valence-electron chi connectivity index (χ2n) is 5.87. The van der Waals surface area contributed by atoms with E-state index in [0.29, 0.717) is 11.7 Å². The van der Waals surface area contributed by atoms with Crippen molar-refractivity contribution in [3.8, 4) is 5.75 Å². The van der Waals surface area contributed by atoms with Crippen molar-refractivity contribution in [3.63, 3.8) is 0 Å². The number of rotatable bonds is 7. The Morgan fingerprint density at radius 1 is 1.09 bits per heavy atom. The van der Waals surface area contributed by atoms with Crippen molar-refractivity contribution >= 4 is 11.6 Å². The summed E-state index contributed by atoms with van der Waals surface area (Å²) in [4.78, 5) is 12.7. The topological polar surface area (TPSA) is 50.4 Å². The fourth-order valence-electron chi connectivity index (χ4n) is 2.28. The van der Waals surface area contributed by atoms with Crippen molar-refractivity contribution in [2.24, 2.45) is 5.92 Å². The lowest BCUT2D eigenvalue weighted by Crippen LogP contribution is -2.35. The number of hydrogen-bond acceptors (Lipinski definition) is 3. The monoisotopic (exact) mass is 312 g/mol. The molecule has 2 aromatic rings. The van der Waals surface area contributed by atoms with Crippen LogP contribution in [0.25, 0.3) is 0 Å². The minimum absolute atomic E-state index is 0.0786. The largest absolute Gasteiger partial charge is 0.497 e. The summed E-state index contributed by atoms with van der Waals surface area (Å²) in [6.07, 6.45) is 0. The highest BCUT2D eigenvalue weighted by Gasteiger charge is 2.20. The van der Waals surface area contributed by atoms with Gasteiger partial charge in [-0.2, -0.15) is 0 Å². The average Bonchev–Trinajstić information content (AvgIpc) is 2.56. The van der Waals surface area contributed by atoms with E-state index in [1.54, 1.807) is 7.11 Å². The molecule has 0 aliphatic heterocycles. The van der Waals surface area contributed by atoms with Crippen LogP contribution < -0.4 is 15.4 Å². The Labute approximate surface area is 137 Å². The van der Waals surface area contributed by atoms with Crippen molar-refractivity contribution < 1.29 is 9.53 Å². The van der Waals surface area contributed by atoms with E-state index in [0.717, 1.165) is 17.8 Å². The molecule has 0 bridgehead atoms. The van der Waals surface area contributed by atoms with Crippen LogP contribution in [0.1, 0.15) is 25.5 Å². The van der Waals surface area contributed by atoms with Gasteiger partial charge in [0.05, 0.1) is 7.11 Å². The van der Waals surface area contributed by atoms with Crippen molar-refractivity contribution in [2.45, 2.75) is 19.9 Å². The van der Waals surface area contributed by atoms with Gasteiger partial charge in [0.25, 0.3) is 0 Å². The van der Waals surface area contributed by atoms with E-state index in [1.807, 2.05) is 54.6 Å². The highest BCUT2D eigenvalue weighted by molar-refractivity contribution is 5.95. The standard InChI is InChI=1S/C19H24N2O2/c1-14(2)13-20-18(15-8-5-4-6-9-15)19(22)21-16-10-7-11-17(12-16)23-3/h4-12,14,18,20H,13H2,1-3H3,(H,21,22)/t18-/m0/s1. The summed E-state index contributed by atoms with van der Waals surface area (Å²) in [7, 11) is 1.61. The third kappa shape index (κ3) is 5.11. The molecule has 0 aromatic heterocycles. The molecule has 1 atom stereocenters. The Kier molecular flexibility index (Phi) is 6.18. The second-order valence-corrected chi connectivity index (χ2v) is 5.87. The third-order valence-corrected chi connectivity index (χ3v) is 3.46. The molecule has 0 saturated carbocycles. The summed E-state index contributed by atoms with van der Waals surface area (Å²) < 4.78 is 5.19. The molecule has 23 heavy (non-hydrogen) atoms. The average molecular weight is 312 g/mol. The van der Waals surface area contributed by atoms with Gasteiger partial charge in [-0.05, 0) is 30.2 Å². The number of amides is 1. The molecule has 2 N–H and O–H groups in total. The first-order valence-electron chi connectivity index (χ1n) is 7.83. The minimum Gasteiger partial charge on any atom is -0.497 e. The lowest BCUT2D eigenvalue weighted by molar-refractivity contribution is -0.118. The predicted molar refractivity (Wildman–Crippen MR) is 93.6 cm³/mol. The minimum atomic E-state index is -0.384. The van der Waals surface area contributed by atoms with Crippen LogP contribution in [0.2, 0.25) is 0 Å². The van der Waals surface area contributed by atoms with Gasteiger partial charge in [0.1, 0.15) is 11.8 Å². The molecule has 4 heteroatoms. The smallest absolute Gasteiger partial charge is 0.246 e. The van der Waals surface area contributed by atoms with Crippen LogP contribution in [0, 0.1) is 5.92 Å². The maximum absolute atomic E-state index is 12.7. The molecule has 2 rings (SSSR count). The highest BCUT2D eigenvalue weighted by atomic mass is 16.5. The second kappa shape index (κ2) is 8.34. The Morgan fingerprint density at radius 3 is 2.48 bits per heavy atom. The molecule has 0 fully saturated rings. The van der Waals surface area contributed by atoms with Crippen LogP contribution in [0.15, 0.2) is 54.6 Å². The molecular formula is C19H24N2O2. The van der Waals surface area contributed by atoms with Gasteiger partial charge in [0, 0.05) is 11.8 Å². The Balaban J connectivity index is 2.15. The summed E-state index contributed by atoms with van der Waals surface area (Å²) in [5, 5.41) is 6.30. The summed E-state index contributed by atoms with van der Waals surface area (Å²) in [5.41, 5.74) is 1.68. The molecule has 122 valence electrons. The predicted octanol–water partition coefficient (Wildman–Crippen LogP) is 3.62. The quantitative estimate of drug-likeness (QED) is 0.821. The SMILES string of the molecule is COc1cccc(NC(=O)[C@@H](NCC(C)C)c2ccccc2)c1. The van der Waals surface area contributed by atoms with Crippen LogP contribution in [0.5, 0.6) is 5.75 Å². The summed E-state index contributed by atoms with van der Waals surface area (Å²) in [5.74, 6) is 1.10. The van der Waals surface area contributed by atoms with Gasteiger partial charge < -0.3 is 15.4 Å². The first-order valence-corrected chi connectivity index (χ1v) is 7.83. The molecule has 1 amide bonds. The lowest BCUT2D eigenvalue weighted by Gasteiger charge is -2.20. The van der Waals surface area contributed by atoms with Gasteiger partial charge in [-0.15, -0.1) is 0 Å².